The van der Waals surface area contributed by atoms with Crippen LogP contribution in [0.3, 0.4) is 0 Å². The van der Waals surface area contributed by atoms with Crippen molar-refractivity contribution in [3.63, 3.8) is 0 Å². The zero-order valence-electron chi connectivity index (χ0n) is 12.8. The molecule has 0 fully saturated rings. The average molecular weight is 359 g/mol. The highest BCUT2D eigenvalue weighted by molar-refractivity contribution is 7.86. The van der Waals surface area contributed by atoms with Gasteiger partial charge >= 0.3 is 15.8 Å². The third-order valence-electron chi connectivity index (χ3n) is 3.51. The van der Waals surface area contributed by atoms with Gasteiger partial charge in [-0.3, -0.25) is 14.3 Å². The molecule has 1 heterocycles. The van der Waals surface area contributed by atoms with Crippen LogP contribution in [0.15, 0.2) is 59.6 Å². The van der Waals surface area contributed by atoms with Crippen molar-refractivity contribution in [3.8, 4) is 0 Å². The largest absolute Gasteiger partial charge is 0.391 e. The molecule has 2 N–H and O–H groups in total. The molecule has 8 nitrogen and oxygen atoms in total. The SMILES string of the molecule is Nc1c(S(=O)(=O)OCc2ccccc2)nc2ccccc2c1[N+](=O)[O-]. The van der Waals surface area contributed by atoms with Crippen LogP contribution in [0.2, 0.25) is 0 Å². The lowest BCUT2D eigenvalue weighted by Gasteiger charge is -2.09. The number of rotatable bonds is 5. The molecule has 0 bridgehead atoms. The summed E-state index contributed by atoms with van der Waals surface area (Å²) in [6.45, 7) is -0.231. The second kappa shape index (κ2) is 6.46. The molecule has 25 heavy (non-hydrogen) atoms. The number of hydrogen-bond donors (Lipinski definition) is 1. The maximum atomic E-state index is 12.5. The van der Waals surface area contributed by atoms with Crippen molar-refractivity contribution in [3.05, 3.63) is 70.3 Å². The Hall–Kier alpha value is -3.04. The first-order chi connectivity index (χ1) is 11.9. The number of nitrogens with zero attached hydrogens (tertiary/aromatic N) is 2. The van der Waals surface area contributed by atoms with Crippen molar-refractivity contribution in [2.45, 2.75) is 11.6 Å². The van der Waals surface area contributed by atoms with E-state index in [4.69, 9.17) is 9.92 Å². The number of nitrogens with two attached hydrogens (primary N) is 1. The summed E-state index contributed by atoms with van der Waals surface area (Å²) in [7, 11) is -4.38. The van der Waals surface area contributed by atoms with E-state index in [1.807, 2.05) is 0 Å². The zero-order chi connectivity index (χ0) is 18.0. The predicted octanol–water partition coefficient (Wildman–Crippen LogP) is 2.63. The monoisotopic (exact) mass is 359 g/mol. The Balaban J connectivity index is 2.08. The van der Waals surface area contributed by atoms with Crippen molar-refractivity contribution < 1.29 is 17.5 Å². The Bertz CT molecular complexity index is 1050. The van der Waals surface area contributed by atoms with Gasteiger partial charge in [-0.2, -0.15) is 8.42 Å². The quantitative estimate of drug-likeness (QED) is 0.421. The molecule has 3 rings (SSSR count). The van der Waals surface area contributed by atoms with Gasteiger partial charge in [-0.05, 0) is 17.7 Å². The van der Waals surface area contributed by atoms with Crippen molar-refractivity contribution in [2.24, 2.45) is 0 Å². The third kappa shape index (κ3) is 3.28. The average Bonchev–Trinajstić information content (AvgIpc) is 2.60. The smallest absolute Gasteiger partial charge is 0.317 e. The minimum atomic E-state index is -4.38. The molecule has 0 aliphatic rings. The third-order valence-corrected chi connectivity index (χ3v) is 4.72. The van der Waals surface area contributed by atoms with E-state index in [0.29, 0.717) is 5.56 Å². The van der Waals surface area contributed by atoms with Crippen molar-refractivity contribution >= 4 is 32.4 Å². The van der Waals surface area contributed by atoms with E-state index < -0.39 is 31.4 Å². The van der Waals surface area contributed by atoms with Gasteiger partial charge in [-0.25, -0.2) is 4.98 Å². The van der Waals surface area contributed by atoms with E-state index in [1.54, 1.807) is 42.5 Å². The lowest BCUT2D eigenvalue weighted by Crippen LogP contribution is -2.13. The Morgan fingerprint density at radius 2 is 1.72 bits per heavy atom. The Morgan fingerprint density at radius 3 is 2.40 bits per heavy atom. The molecular weight excluding hydrogens is 346 g/mol. The summed E-state index contributed by atoms with van der Waals surface area (Å²) in [5.41, 5.74) is 5.46. The van der Waals surface area contributed by atoms with Crippen molar-refractivity contribution in [2.75, 3.05) is 5.73 Å². The van der Waals surface area contributed by atoms with Gasteiger partial charge in [0.05, 0.1) is 22.4 Å². The summed E-state index contributed by atoms with van der Waals surface area (Å²) in [6.07, 6.45) is 0. The molecule has 128 valence electrons. The lowest BCUT2D eigenvalue weighted by atomic mass is 10.2. The van der Waals surface area contributed by atoms with Gasteiger partial charge in [-0.15, -0.1) is 0 Å². The molecule has 0 radical (unpaired) electrons. The summed E-state index contributed by atoms with van der Waals surface area (Å²) < 4.78 is 29.9. The van der Waals surface area contributed by atoms with E-state index in [-0.39, 0.29) is 17.5 Å². The van der Waals surface area contributed by atoms with Crippen LogP contribution in [0, 0.1) is 10.1 Å². The van der Waals surface area contributed by atoms with Crippen molar-refractivity contribution in [1.82, 2.24) is 4.98 Å². The number of para-hydroxylation sites is 1. The molecule has 1 aromatic heterocycles. The molecule has 9 heteroatoms. The molecule has 0 saturated carbocycles. The molecule has 0 unspecified atom stereocenters. The first kappa shape index (κ1) is 16.8. The van der Waals surface area contributed by atoms with Crippen LogP contribution in [0.1, 0.15) is 5.56 Å². The van der Waals surface area contributed by atoms with Crippen LogP contribution >= 0.6 is 0 Å². The number of anilines is 1. The summed E-state index contributed by atoms with van der Waals surface area (Å²) in [4.78, 5) is 14.6. The van der Waals surface area contributed by atoms with Crippen LogP contribution in [-0.4, -0.2) is 18.3 Å². The van der Waals surface area contributed by atoms with Crippen LogP contribution in [0.4, 0.5) is 11.4 Å². The minimum Gasteiger partial charge on any atom is -0.391 e. The van der Waals surface area contributed by atoms with Crippen LogP contribution in [0.5, 0.6) is 0 Å². The van der Waals surface area contributed by atoms with Gasteiger partial charge in [0, 0.05) is 0 Å². The van der Waals surface area contributed by atoms with E-state index in [9.17, 15) is 18.5 Å². The predicted molar refractivity (Wildman–Crippen MR) is 91.2 cm³/mol. The second-order valence-electron chi connectivity index (χ2n) is 5.16. The number of aromatic nitrogens is 1. The van der Waals surface area contributed by atoms with E-state index in [0.717, 1.165) is 0 Å². The van der Waals surface area contributed by atoms with Crippen LogP contribution < -0.4 is 5.73 Å². The van der Waals surface area contributed by atoms with Gasteiger partial charge < -0.3 is 5.73 Å². The summed E-state index contributed by atoms with van der Waals surface area (Å²) in [6, 6.07) is 14.7. The molecule has 0 aliphatic heterocycles. The standard InChI is InChI=1S/C16H13N3O5S/c17-14-15(19(20)21)12-8-4-5-9-13(12)18-16(14)25(22,23)24-10-11-6-2-1-3-7-11/h1-9H,10,17H2. The number of pyridine rings is 1. The molecule has 0 amide bonds. The number of hydrogen-bond acceptors (Lipinski definition) is 7. The van der Waals surface area contributed by atoms with E-state index >= 15 is 0 Å². The normalized spacial score (nSPS) is 11.5. The molecule has 0 saturated heterocycles. The zero-order valence-corrected chi connectivity index (χ0v) is 13.6. The molecule has 3 aromatic rings. The Morgan fingerprint density at radius 1 is 1.08 bits per heavy atom. The van der Waals surface area contributed by atoms with Crippen LogP contribution in [-0.2, 0) is 20.9 Å². The highest BCUT2D eigenvalue weighted by atomic mass is 32.2. The fourth-order valence-electron chi connectivity index (χ4n) is 2.35. The Labute approximate surface area is 143 Å². The van der Waals surface area contributed by atoms with E-state index in [2.05, 4.69) is 4.98 Å². The van der Waals surface area contributed by atoms with Crippen molar-refractivity contribution in [1.29, 1.82) is 0 Å². The fourth-order valence-corrected chi connectivity index (χ4v) is 3.33. The highest BCUT2D eigenvalue weighted by Crippen LogP contribution is 2.35. The first-order valence-electron chi connectivity index (χ1n) is 7.16. The second-order valence-corrected chi connectivity index (χ2v) is 6.69. The Kier molecular flexibility index (Phi) is 4.34. The molecule has 2 aromatic carbocycles. The van der Waals surface area contributed by atoms with E-state index in [1.165, 1.54) is 12.1 Å². The summed E-state index contributed by atoms with van der Waals surface area (Å²) >= 11 is 0. The number of nitro groups is 1. The molecule has 0 atom stereocenters. The number of nitrogen functional groups attached to an aromatic ring is 1. The number of benzene rings is 2. The minimum absolute atomic E-state index is 0.144. The summed E-state index contributed by atoms with van der Waals surface area (Å²) in [5, 5.41) is 10.9. The summed E-state index contributed by atoms with van der Waals surface area (Å²) in [5.74, 6) is 0. The lowest BCUT2D eigenvalue weighted by molar-refractivity contribution is -0.382. The topological polar surface area (TPSA) is 125 Å². The molecule has 0 spiro atoms. The van der Waals surface area contributed by atoms with Gasteiger partial charge in [0.25, 0.3) is 0 Å². The molecule has 0 aliphatic carbocycles. The van der Waals surface area contributed by atoms with Gasteiger partial charge in [0.1, 0.15) is 0 Å². The highest BCUT2D eigenvalue weighted by Gasteiger charge is 2.29. The van der Waals surface area contributed by atoms with Crippen LogP contribution in [0.25, 0.3) is 10.9 Å². The fraction of sp³-hybridized carbons (Fsp3) is 0.0625. The van der Waals surface area contributed by atoms with Gasteiger partial charge in [0.15, 0.2) is 5.69 Å². The van der Waals surface area contributed by atoms with Gasteiger partial charge in [0.2, 0.25) is 5.03 Å². The maximum absolute atomic E-state index is 12.5. The maximum Gasteiger partial charge on any atom is 0.317 e. The van der Waals surface area contributed by atoms with Gasteiger partial charge in [-0.1, -0.05) is 42.5 Å². The first-order valence-corrected chi connectivity index (χ1v) is 8.57. The molecular formula is C16H13N3O5S. The number of fused-ring (bicyclic) bond motifs is 1.